The molecule has 2 unspecified atom stereocenters. The van der Waals surface area contributed by atoms with Crippen LogP contribution in [-0.2, 0) is 0 Å². The Morgan fingerprint density at radius 1 is 1.06 bits per heavy atom. The number of aliphatic hydroxyl groups excluding tert-OH is 1. The van der Waals surface area contributed by atoms with Crippen molar-refractivity contribution in [1.29, 1.82) is 0 Å². The van der Waals surface area contributed by atoms with Crippen molar-refractivity contribution >= 4 is 32.4 Å². The van der Waals surface area contributed by atoms with Crippen LogP contribution in [0.5, 0.6) is 11.5 Å². The van der Waals surface area contributed by atoms with E-state index in [9.17, 15) is 10.2 Å². The lowest BCUT2D eigenvalue weighted by molar-refractivity contribution is 0.0323. The molecule has 6 rings (SSSR count). The van der Waals surface area contributed by atoms with Gasteiger partial charge in [-0.3, -0.25) is 4.90 Å². The van der Waals surface area contributed by atoms with Crippen LogP contribution >= 0.6 is 11.3 Å². The third-order valence-electron chi connectivity index (χ3n) is 7.15. The highest BCUT2D eigenvalue weighted by molar-refractivity contribution is 7.19. The molecule has 2 bridgehead atoms. The molecule has 0 aliphatic carbocycles. The molecule has 0 spiro atoms. The number of piperidine rings is 1. The third-order valence-corrected chi connectivity index (χ3v) is 8.42. The van der Waals surface area contributed by atoms with Gasteiger partial charge in [-0.15, -0.1) is 11.3 Å². The van der Waals surface area contributed by atoms with Crippen LogP contribution in [0.3, 0.4) is 0 Å². The summed E-state index contributed by atoms with van der Waals surface area (Å²) in [6.45, 7) is 0.926. The van der Waals surface area contributed by atoms with Crippen molar-refractivity contribution in [3.05, 3.63) is 59.7 Å². The number of hydrogen-bond acceptors (Lipinski definition) is 6. The Hall–Kier alpha value is -2.54. The summed E-state index contributed by atoms with van der Waals surface area (Å²) in [5.41, 5.74) is 0.798. The van der Waals surface area contributed by atoms with E-state index in [1.165, 1.54) is 17.7 Å². The van der Waals surface area contributed by atoms with Gasteiger partial charge in [0.1, 0.15) is 29.8 Å². The van der Waals surface area contributed by atoms with Crippen LogP contribution in [-0.4, -0.2) is 46.5 Å². The highest BCUT2D eigenvalue weighted by atomic mass is 32.1. The van der Waals surface area contributed by atoms with Gasteiger partial charge in [0.15, 0.2) is 0 Å². The normalized spacial score (nSPS) is 24.3. The van der Waals surface area contributed by atoms with Crippen LogP contribution in [0.2, 0.25) is 0 Å². The zero-order chi connectivity index (χ0) is 21.7. The van der Waals surface area contributed by atoms with Crippen molar-refractivity contribution in [2.45, 2.75) is 49.8 Å². The SMILES string of the molecule is Oc1cccc2sc(C3CC4CCC(C3)N4C[C@H](O)COc3cccc4occc34)cc12. The summed E-state index contributed by atoms with van der Waals surface area (Å²) in [5.74, 6) is 1.66. The zero-order valence-electron chi connectivity index (χ0n) is 17.8. The van der Waals surface area contributed by atoms with Crippen LogP contribution in [0, 0.1) is 0 Å². The summed E-state index contributed by atoms with van der Waals surface area (Å²) in [4.78, 5) is 3.89. The fourth-order valence-corrected chi connectivity index (χ4v) is 6.86. The van der Waals surface area contributed by atoms with Crippen LogP contribution in [0.4, 0.5) is 0 Å². The molecule has 166 valence electrons. The van der Waals surface area contributed by atoms with Crippen molar-refractivity contribution in [2.75, 3.05) is 13.2 Å². The van der Waals surface area contributed by atoms with E-state index in [1.54, 1.807) is 12.3 Å². The molecule has 0 amide bonds. The fourth-order valence-electron chi connectivity index (χ4n) is 5.65. The maximum absolute atomic E-state index is 10.7. The number of nitrogens with zero attached hydrogens (tertiary/aromatic N) is 1. The Morgan fingerprint density at radius 2 is 1.88 bits per heavy atom. The first-order valence-electron chi connectivity index (χ1n) is 11.4. The molecule has 4 aromatic rings. The number of thiophene rings is 1. The lowest BCUT2D eigenvalue weighted by Gasteiger charge is -2.39. The Kier molecular flexibility index (Phi) is 5.09. The maximum Gasteiger partial charge on any atom is 0.137 e. The average molecular weight is 450 g/mol. The van der Waals surface area contributed by atoms with E-state index in [4.69, 9.17) is 9.15 Å². The predicted molar refractivity (Wildman–Crippen MR) is 127 cm³/mol. The van der Waals surface area contributed by atoms with Crippen molar-refractivity contribution in [3.63, 3.8) is 0 Å². The van der Waals surface area contributed by atoms with E-state index >= 15 is 0 Å². The Bertz CT molecular complexity index is 1230. The second-order valence-electron chi connectivity index (χ2n) is 9.14. The minimum atomic E-state index is -0.530. The summed E-state index contributed by atoms with van der Waals surface area (Å²) in [6, 6.07) is 16.6. The van der Waals surface area contributed by atoms with E-state index in [2.05, 4.69) is 17.0 Å². The van der Waals surface area contributed by atoms with Gasteiger partial charge in [0.25, 0.3) is 0 Å². The van der Waals surface area contributed by atoms with Gasteiger partial charge in [-0.2, -0.15) is 0 Å². The number of ether oxygens (including phenoxy) is 1. The van der Waals surface area contributed by atoms with Gasteiger partial charge >= 0.3 is 0 Å². The molecule has 2 fully saturated rings. The van der Waals surface area contributed by atoms with E-state index in [-0.39, 0.29) is 6.61 Å². The maximum atomic E-state index is 10.7. The Labute approximate surface area is 190 Å². The van der Waals surface area contributed by atoms with E-state index in [0.29, 0.717) is 30.3 Å². The average Bonchev–Trinajstić information content (AvgIpc) is 3.49. The molecule has 0 radical (unpaired) electrons. The summed E-state index contributed by atoms with van der Waals surface area (Å²) in [7, 11) is 0. The molecule has 2 N–H and O–H groups in total. The lowest BCUT2D eigenvalue weighted by atomic mass is 9.89. The number of rotatable bonds is 6. The molecule has 2 aliphatic heterocycles. The number of furan rings is 1. The topological polar surface area (TPSA) is 66.1 Å². The molecule has 0 saturated carbocycles. The fraction of sp³-hybridized carbons (Fsp3) is 0.385. The highest BCUT2D eigenvalue weighted by Crippen LogP contribution is 2.46. The van der Waals surface area contributed by atoms with Gasteiger partial charge in [0.05, 0.1) is 11.6 Å². The van der Waals surface area contributed by atoms with Crippen LogP contribution in [0.25, 0.3) is 21.1 Å². The van der Waals surface area contributed by atoms with E-state index in [1.807, 2.05) is 41.7 Å². The van der Waals surface area contributed by atoms with Gasteiger partial charge in [-0.25, -0.2) is 0 Å². The van der Waals surface area contributed by atoms with Crippen LogP contribution in [0.15, 0.2) is 59.2 Å². The Morgan fingerprint density at radius 3 is 2.69 bits per heavy atom. The summed E-state index contributed by atoms with van der Waals surface area (Å²) in [5, 5.41) is 22.8. The summed E-state index contributed by atoms with van der Waals surface area (Å²) in [6.07, 6.45) is 5.75. The molecular weight excluding hydrogens is 422 g/mol. The molecule has 2 saturated heterocycles. The molecule has 6 heteroatoms. The van der Waals surface area contributed by atoms with Gasteiger partial charge in [-0.05, 0) is 68.0 Å². The number of aliphatic hydroxyl groups is 1. The number of fused-ring (bicyclic) bond motifs is 4. The Balaban J connectivity index is 1.10. The number of hydrogen-bond donors (Lipinski definition) is 2. The predicted octanol–water partition coefficient (Wildman–Crippen LogP) is 5.50. The largest absolute Gasteiger partial charge is 0.507 e. The molecular formula is C26H27NO4S. The minimum absolute atomic E-state index is 0.277. The van der Waals surface area contributed by atoms with Gasteiger partial charge in [0, 0.05) is 33.6 Å². The quantitative estimate of drug-likeness (QED) is 0.407. The minimum Gasteiger partial charge on any atom is -0.507 e. The zero-order valence-corrected chi connectivity index (χ0v) is 18.6. The molecule has 32 heavy (non-hydrogen) atoms. The number of benzene rings is 2. The van der Waals surface area contributed by atoms with E-state index < -0.39 is 6.10 Å². The van der Waals surface area contributed by atoms with Crippen LogP contribution < -0.4 is 4.74 Å². The smallest absolute Gasteiger partial charge is 0.137 e. The lowest BCUT2D eigenvalue weighted by Crippen LogP contribution is -2.47. The van der Waals surface area contributed by atoms with E-state index in [0.717, 1.165) is 39.6 Å². The highest BCUT2D eigenvalue weighted by Gasteiger charge is 2.42. The van der Waals surface area contributed by atoms with Crippen molar-refractivity contribution < 1.29 is 19.4 Å². The van der Waals surface area contributed by atoms with Crippen molar-refractivity contribution in [2.24, 2.45) is 0 Å². The summed E-state index contributed by atoms with van der Waals surface area (Å²) >= 11 is 1.82. The van der Waals surface area contributed by atoms with Crippen molar-refractivity contribution in [3.8, 4) is 11.5 Å². The first kappa shape index (κ1) is 20.1. The molecule has 2 aliphatic rings. The molecule has 5 nitrogen and oxygen atoms in total. The standard InChI is InChI=1S/C26H27NO4S/c28-19(15-31-24-5-2-4-23-20(24)9-10-30-23)14-27-17-7-8-18(27)12-16(11-17)26-13-21-22(29)3-1-6-25(21)32-26/h1-6,9-10,13,16-19,28-29H,7-8,11-12,14-15H2/t16?,17?,18?,19-/m0/s1. The van der Waals surface area contributed by atoms with Crippen molar-refractivity contribution in [1.82, 2.24) is 4.90 Å². The second kappa shape index (κ2) is 8.10. The first-order chi connectivity index (χ1) is 15.7. The summed E-state index contributed by atoms with van der Waals surface area (Å²) < 4.78 is 12.5. The van der Waals surface area contributed by atoms with Gasteiger partial charge in [0.2, 0.25) is 0 Å². The third kappa shape index (κ3) is 3.56. The van der Waals surface area contributed by atoms with Crippen LogP contribution in [0.1, 0.15) is 36.5 Å². The van der Waals surface area contributed by atoms with Gasteiger partial charge < -0.3 is 19.4 Å². The molecule has 2 aromatic carbocycles. The molecule has 4 heterocycles. The monoisotopic (exact) mass is 449 g/mol. The molecule has 3 atom stereocenters. The molecule has 2 aromatic heterocycles. The van der Waals surface area contributed by atoms with Gasteiger partial charge in [-0.1, -0.05) is 12.1 Å². The number of phenols is 1. The number of aromatic hydroxyl groups is 1. The first-order valence-corrected chi connectivity index (χ1v) is 12.2. The number of phenolic OH excluding ortho intramolecular Hbond substituents is 1. The second-order valence-corrected chi connectivity index (χ2v) is 10.3.